The van der Waals surface area contributed by atoms with Gasteiger partial charge in [0.05, 0.1) is 19.1 Å². The van der Waals surface area contributed by atoms with Gasteiger partial charge in [0.15, 0.2) is 0 Å². The van der Waals surface area contributed by atoms with Crippen molar-refractivity contribution in [1.82, 2.24) is 9.97 Å². The van der Waals surface area contributed by atoms with Crippen LogP contribution in [-0.4, -0.2) is 57.1 Å². The van der Waals surface area contributed by atoms with Crippen molar-refractivity contribution in [2.24, 2.45) is 0 Å². The zero-order valence-electron chi connectivity index (χ0n) is 21.2. The van der Waals surface area contributed by atoms with Crippen LogP contribution in [0.15, 0.2) is 48.5 Å². The molecule has 0 saturated heterocycles. The maximum atomic E-state index is 12.7. The fourth-order valence-corrected chi connectivity index (χ4v) is 3.60. The predicted molar refractivity (Wildman–Crippen MR) is 135 cm³/mol. The van der Waals surface area contributed by atoms with Crippen molar-refractivity contribution in [2.45, 2.75) is 19.0 Å². The molecular weight excluding hydrogens is 488 g/mol. The molecule has 8 nitrogen and oxygen atoms in total. The van der Waals surface area contributed by atoms with Gasteiger partial charge in [-0.25, -0.2) is 9.97 Å². The summed E-state index contributed by atoms with van der Waals surface area (Å²) in [5.41, 5.74) is 1.33. The Hall–Kier alpha value is -4.15. The summed E-state index contributed by atoms with van der Waals surface area (Å²) in [4.78, 5) is 37.4. The number of nitrogens with zero attached hydrogens (tertiary/aromatic N) is 4. The molecule has 2 aromatic carbocycles. The first-order valence-corrected chi connectivity index (χ1v) is 11.3. The zero-order chi connectivity index (χ0) is 27.3. The van der Waals surface area contributed by atoms with Gasteiger partial charge in [-0.2, -0.15) is 13.2 Å². The summed E-state index contributed by atoms with van der Waals surface area (Å²) in [6.07, 6.45) is -4.03. The van der Waals surface area contributed by atoms with Crippen LogP contribution in [0.1, 0.15) is 32.9 Å². The number of benzene rings is 2. The molecule has 3 rings (SSSR count). The fourth-order valence-electron chi connectivity index (χ4n) is 3.60. The van der Waals surface area contributed by atoms with E-state index in [4.69, 9.17) is 4.74 Å². The van der Waals surface area contributed by atoms with Crippen LogP contribution in [0.2, 0.25) is 0 Å². The van der Waals surface area contributed by atoms with Crippen molar-refractivity contribution in [3.05, 3.63) is 76.6 Å². The Labute approximate surface area is 213 Å². The Morgan fingerprint density at radius 1 is 0.892 bits per heavy atom. The molecule has 0 radical (unpaired) electrons. The van der Waals surface area contributed by atoms with Crippen LogP contribution in [0.25, 0.3) is 0 Å². The van der Waals surface area contributed by atoms with Gasteiger partial charge in [-0.1, -0.05) is 12.1 Å². The number of amides is 1. The zero-order valence-corrected chi connectivity index (χ0v) is 21.2. The molecule has 0 fully saturated rings. The summed E-state index contributed by atoms with van der Waals surface area (Å²) in [6.45, 7) is 0. The van der Waals surface area contributed by atoms with Crippen LogP contribution in [0, 0.1) is 0 Å². The van der Waals surface area contributed by atoms with E-state index in [-0.39, 0.29) is 12.0 Å². The van der Waals surface area contributed by atoms with Gasteiger partial charge in [0, 0.05) is 51.4 Å². The summed E-state index contributed by atoms with van der Waals surface area (Å²) < 4.78 is 43.0. The molecular formula is C26H28F3N5O3. The van der Waals surface area contributed by atoms with Crippen molar-refractivity contribution in [3.63, 3.8) is 0 Å². The van der Waals surface area contributed by atoms with Gasteiger partial charge in [-0.05, 0) is 42.0 Å². The predicted octanol–water partition coefficient (Wildman–Crippen LogP) is 4.19. The van der Waals surface area contributed by atoms with Crippen LogP contribution in [0.5, 0.6) is 0 Å². The maximum Gasteiger partial charge on any atom is 0.416 e. The first-order chi connectivity index (χ1) is 17.4. The molecule has 0 saturated carbocycles. The SMILES string of the molecule is COC(=O)Cc1c(N(C)C)n[13c](Cc2ccc(NC(=O)c3ccc(C(F)(F)F)cc3)cc2)nc1N(C)C. The Balaban J connectivity index is 1.77. The van der Waals surface area contributed by atoms with Crippen molar-refractivity contribution >= 4 is 29.2 Å². The monoisotopic (exact) mass is 516 g/mol. The van der Waals surface area contributed by atoms with Gasteiger partial charge in [0.25, 0.3) is 5.91 Å². The molecule has 0 spiro atoms. The highest BCUT2D eigenvalue weighted by Crippen LogP contribution is 2.29. The lowest BCUT2D eigenvalue weighted by Crippen LogP contribution is -2.23. The van der Waals surface area contributed by atoms with E-state index in [0.29, 0.717) is 35.1 Å². The lowest BCUT2D eigenvalue weighted by Gasteiger charge is -2.23. The molecule has 1 aromatic heterocycles. The lowest BCUT2D eigenvalue weighted by molar-refractivity contribution is -0.140. The summed E-state index contributed by atoms with van der Waals surface area (Å²) in [5, 5.41) is 2.68. The average Bonchev–Trinajstić information content (AvgIpc) is 2.85. The smallest absolute Gasteiger partial charge is 0.416 e. The molecule has 0 aliphatic rings. The second-order valence-corrected chi connectivity index (χ2v) is 8.71. The highest BCUT2D eigenvalue weighted by atomic mass is 19.4. The number of nitrogens with one attached hydrogen (secondary N) is 1. The van der Waals surface area contributed by atoms with Crippen molar-refractivity contribution in [2.75, 3.05) is 50.4 Å². The Morgan fingerprint density at radius 2 is 1.43 bits per heavy atom. The van der Waals surface area contributed by atoms with E-state index in [1.165, 1.54) is 7.11 Å². The van der Waals surface area contributed by atoms with E-state index in [9.17, 15) is 22.8 Å². The topological polar surface area (TPSA) is 87.7 Å². The number of methoxy groups -OCH3 is 1. The highest BCUT2D eigenvalue weighted by molar-refractivity contribution is 6.04. The van der Waals surface area contributed by atoms with Gasteiger partial charge in [-0.3, -0.25) is 9.59 Å². The molecule has 0 atom stereocenters. The van der Waals surface area contributed by atoms with Gasteiger partial charge in [-0.15, -0.1) is 0 Å². The van der Waals surface area contributed by atoms with Crippen LogP contribution in [-0.2, 0) is 28.5 Å². The number of ether oxygens (including phenoxy) is 1. The summed E-state index contributed by atoms with van der Waals surface area (Å²) in [7, 11) is 8.67. The lowest BCUT2D eigenvalue weighted by atomic mass is 10.1. The molecule has 0 aliphatic carbocycles. The quantitative estimate of drug-likeness (QED) is 0.450. The number of carbonyl (C=O) groups excluding carboxylic acids is 2. The number of hydrogen-bond acceptors (Lipinski definition) is 7. The van der Waals surface area contributed by atoms with Crippen molar-refractivity contribution in [1.29, 1.82) is 0 Å². The fraction of sp³-hybridized carbons (Fsp3) is 0.308. The van der Waals surface area contributed by atoms with Crippen LogP contribution in [0.3, 0.4) is 0 Å². The summed E-state index contributed by atoms with van der Waals surface area (Å²) >= 11 is 0. The highest BCUT2D eigenvalue weighted by Gasteiger charge is 2.30. The van der Waals surface area contributed by atoms with Crippen LogP contribution in [0.4, 0.5) is 30.5 Å². The first-order valence-electron chi connectivity index (χ1n) is 11.3. The van der Waals surface area contributed by atoms with Crippen LogP contribution >= 0.6 is 0 Å². The minimum absolute atomic E-state index is 0.0329. The number of alkyl halides is 3. The molecule has 196 valence electrons. The average molecular weight is 517 g/mol. The standard InChI is InChI=1S/C26H28F3N5O3/c1-33(2)23-20(15-22(35)37-5)24(34(3)4)32-21(31-23)14-16-6-12-19(13-7-16)30-25(36)17-8-10-18(11-9-17)26(27,28)29/h6-13H,14-15H2,1-5H3,(H,30,36)/i21+1. The third-order valence-electron chi connectivity index (χ3n) is 5.45. The summed E-state index contributed by atoms with van der Waals surface area (Å²) in [5.74, 6) is 0.857. The number of esters is 1. The normalized spacial score (nSPS) is 11.1. The molecule has 0 bridgehead atoms. The molecule has 0 unspecified atom stereocenters. The minimum atomic E-state index is -4.46. The van der Waals surface area contributed by atoms with E-state index in [1.807, 2.05) is 38.0 Å². The number of rotatable bonds is 8. The third-order valence-corrected chi connectivity index (χ3v) is 5.45. The van der Waals surface area contributed by atoms with E-state index in [0.717, 1.165) is 29.8 Å². The van der Waals surface area contributed by atoms with E-state index in [2.05, 4.69) is 15.3 Å². The van der Waals surface area contributed by atoms with Gasteiger partial charge >= 0.3 is 12.1 Å². The van der Waals surface area contributed by atoms with Gasteiger partial charge < -0.3 is 19.9 Å². The number of aromatic nitrogens is 2. The molecule has 11 heteroatoms. The van der Waals surface area contributed by atoms with Crippen LogP contribution < -0.4 is 15.1 Å². The van der Waals surface area contributed by atoms with Gasteiger partial charge in [0.1, 0.15) is 17.5 Å². The molecule has 3 aromatic rings. The van der Waals surface area contributed by atoms with Crippen molar-refractivity contribution < 1.29 is 27.5 Å². The summed E-state index contributed by atoms with van der Waals surface area (Å²) in [6, 6.07) is 11.0. The number of anilines is 3. The Bertz CT molecular complexity index is 1230. The molecule has 0 aliphatic heterocycles. The number of hydrogen-bond donors (Lipinski definition) is 1. The third kappa shape index (κ3) is 6.96. The Morgan fingerprint density at radius 3 is 1.89 bits per heavy atom. The molecule has 37 heavy (non-hydrogen) atoms. The first kappa shape index (κ1) is 27.4. The maximum absolute atomic E-state index is 12.7. The number of halogens is 3. The molecule has 1 N–H and O–H groups in total. The largest absolute Gasteiger partial charge is 0.469 e. The van der Waals surface area contributed by atoms with E-state index >= 15 is 0 Å². The minimum Gasteiger partial charge on any atom is -0.469 e. The molecule has 1 heterocycles. The number of carbonyl (C=O) groups is 2. The van der Waals surface area contributed by atoms with Gasteiger partial charge in [0.2, 0.25) is 0 Å². The Kier molecular flexibility index (Phi) is 8.36. The molecule has 1 amide bonds. The van der Waals surface area contributed by atoms with E-state index < -0.39 is 23.6 Å². The van der Waals surface area contributed by atoms with Crippen molar-refractivity contribution in [3.8, 4) is 0 Å². The second-order valence-electron chi connectivity index (χ2n) is 8.71. The van der Waals surface area contributed by atoms with E-state index in [1.54, 1.807) is 24.3 Å². The second kappa shape index (κ2) is 11.3.